The molecule has 0 saturated carbocycles. The molecule has 1 saturated heterocycles. The molecule has 4 nitrogen and oxygen atoms in total. The molecule has 18 heavy (non-hydrogen) atoms. The Kier molecular flexibility index (Phi) is 4.17. The summed E-state index contributed by atoms with van der Waals surface area (Å²) in [5.41, 5.74) is 1.07. The fourth-order valence-corrected chi connectivity index (χ4v) is 2.56. The van der Waals surface area contributed by atoms with Crippen LogP contribution in [0.3, 0.4) is 0 Å². The number of likely N-dealkylation sites (N-methyl/N-ethyl adjacent to an activating group) is 1. The van der Waals surface area contributed by atoms with E-state index in [2.05, 4.69) is 42.0 Å². The first kappa shape index (κ1) is 13.3. The van der Waals surface area contributed by atoms with Crippen molar-refractivity contribution >= 4 is 5.82 Å². The number of nitrogens with zero attached hydrogens (tertiary/aromatic N) is 3. The molecule has 1 aromatic rings. The number of aromatic nitrogens is 2. The highest BCUT2D eigenvalue weighted by Crippen LogP contribution is 2.25. The molecule has 1 aliphatic rings. The average Bonchev–Trinajstić information content (AvgIpc) is 2.77. The van der Waals surface area contributed by atoms with Crippen molar-refractivity contribution in [3.63, 3.8) is 0 Å². The van der Waals surface area contributed by atoms with Gasteiger partial charge in [-0.15, -0.1) is 0 Å². The number of rotatable bonds is 4. The highest BCUT2D eigenvalue weighted by Gasteiger charge is 2.25. The van der Waals surface area contributed by atoms with Crippen LogP contribution in [-0.4, -0.2) is 36.1 Å². The minimum Gasteiger partial charge on any atom is -0.352 e. The number of aryl methyl sites for hydroxylation is 1. The first-order valence-electron chi connectivity index (χ1n) is 6.88. The molecule has 1 N–H and O–H groups in total. The van der Waals surface area contributed by atoms with Crippen molar-refractivity contribution in [2.75, 3.05) is 25.0 Å². The molecule has 1 fully saturated rings. The van der Waals surface area contributed by atoms with Gasteiger partial charge in [-0.2, -0.15) is 0 Å². The van der Waals surface area contributed by atoms with Gasteiger partial charge in [0.25, 0.3) is 0 Å². The zero-order valence-corrected chi connectivity index (χ0v) is 11.9. The molecule has 0 amide bonds. The zero-order chi connectivity index (χ0) is 13.1. The third-order valence-corrected chi connectivity index (χ3v) is 3.49. The second kappa shape index (κ2) is 5.65. The maximum atomic E-state index is 4.73. The van der Waals surface area contributed by atoms with Crippen molar-refractivity contribution in [1.29, 1.82) is 0 Å². The van der Waals surface area contributed by atoms with Gasteiger partial charge in [0.2, 0.25) is 0 Å². The van der Waals surface area contributed by atoms with Gasteiger partial charge in [-0.05, 0) is 26.8 Å². The molecule has 1 unspecified atom stereocenters. The predicted molar refractivity (Wildman–Crippen MR) is 75.2 cm³/mol. The standard InChI is InChI=1S/C14H24N4/c1-10(2)14-16-11(3)8-13(17-14)18-7-5-6-12(18)9-15-4/h8,10,12,15H,5-7,9H2,1-4H3. The summed E-state index contributed by atoms with van der Waals surface area (Å²) in [7, 11) is 2.02. The van der Waals surface area contributed by atoms with Crippen molar-refractivity contribution in [3.05, 3.63) is 17.6 Å². The van der Waals surface area contributed by atoms with Gasteiger partial charge < -0.3 is 10.2 Å². The summed E-state index contributed by atoms with van der Waals surface area (Å²) in [6.45, 7) is 8.49. The van der Waals surface area contributed by atoms with Crippen molar-refractivity contribution in [2.24, 2.45) is 0 Å². The second-order valence-electron chi connectivity index (χ2n) is 5.43. The molecule has 100 valence electrons. The van der Waals surface area contributed by atoms with Gasteiger partial charge in [0.15, 0.2) is 0 Å². The summed E-state index contributed by atoms with van der Waals surface area (Å²) < 4.78 is 0. The zero-order valence-electron chi connectivity index (χ0n) is 11.9. The van der Waals surface area contributed by atoms with E-state index in [9.17, 15) is 0 Å². The van der Waals surface area contributed by atoms with Gasteiger partial charge in [0.05, 0.1) is 0 Å². The Morgan fingerprint density at radius 3 is 2.89 bits per heavy atom. The molecule has 0 radical (unpaired) electrons. The number of hydrogen-bond donors (Lipinski definition) is 1. The maximum Gasteiger partial charge on any atom is 0.133 e. The van der Waals surface area contributed by atoms with E-state index < -0.39 is 0 Å². The molecule has 1 aromatic heterocycles. The van der Waals surface area contributed by atoms with E-state index in [1.54, 1.807) is 0 Å². The molecule has 0 aliphatic carbocycles. The Morgan fingerprint density at radius 1 is 1.44 bits per heavy atom. The highest BCUT2D eigenvalue weighted by atomic mass is 15.2. The SMILES string of the molecule is CNCC1CCCN1c1cc(C)nc(C(C)C)n1. The fraction of sp³-hybridized carbons (Fsp3) is 0.714. The summed E-state index contributed by atoms with van der Waals surface area (Å²) in [5, 5.41) is 3.28. The van der Waals surface area contributed by atoms with Crippen LogP contribution >= 0.6 is 0 Å². The van der Waals surface area contributed by atoms with E-state index >= 15 is 0 Å². The summed E-state index contributed by atoms with van der Waals surface area (Å²) in [6.07, 6.45) is 2.51. The molecular formula is C14H24N4. The molecule has 0 spiro atoms. The quantitative estimate of drug-likeness (QED) is 0.886. The van der Waals surface area contributed by atoms with Crippen LogP contribution in [0, 0.1) is 6.92 Å². The highest BCUT2D eigenvalue weighted by molar-refractivity contribution is 5.42. The van der Waals surface area contributed by atoms with Gasteiger partial charge in [0.1, 0.15) is 11.6 Å². The van der Waals surface area contributed by atoms with Crippen LogP contribution in [-0.2, 0) is 0 Å². The molecule has 2 heterocycles. The van der Waals surface area contributed by atoms with Crippen molar-refractivity contribution < 1.29 is 0 Å². The Labute approximate surface area is 110 Å². The Balaban J connectivity index is 2.26. The lowest BCUT2D eigenvalue weighted by atomic mass is 10.2. The van der Waals surface area contributed by atoms with E-state index in [1.165, 1.54) is 12.8 Å². The van der Waals surface area contributed by atoms with Gasteiger partial charge in [-0.3, -0.25) is 0 Å². The number of hydrogen-bond acceptors (Lipinski definition) is 4. The largest absolute Gasteiger partial charge is 0.352 e. The van der Waals surface area contributed by atoms with Crippen LogP contribution in [0.15, 0.2) is 6.07 Å². The van der Waals surface area contributed by atoms with Gasteiger partial charge in [0, 0.05) is 36.8 Å². The lowest BCUT2D eigenvalue weighted by Gasteiger charge is -2.26. The van der Waals surface area contributed by atoms with Crippen LogP contribution in [0.4, 0.5) is 5.82 Å². The Hall–Kier alpha value is -1.16. The van der Waals surface area contributed by atoms with E-state index in [4.69, 9.17) is 4.98 Å². The van der Waals surface area contributed by atoms with Crippen molar-refractivity contribution in [2.45, 2.75) is 45.6 Å². The molecular weight excluding hydrogens is 224 g/mol. The maximum absolute atomic E-state index is 4.73. The van der Waals surface area contributed by atoms with E-state index in [-0.39, 0.29) is 0 Å². The molecule has 4 heteroatoms. The molecule has 0 aromatic carbocycles. The third kappa shape index (κ3) is 2.80. The van der Waals surface area contributed by atoms with Crippen LogP contribution in [0.25, 0.3) is 0 Å². The lowest BCUT2D eigenvalue weighted by molar-refractivity contribution is 0.608. The van der Waals surface area contributed by atoms with Gasteiger partial charge in [-0.1, -0.05) is 13.8 Å². The molecule has 1 atom stereocenters. The van der Waals surface area contributed by atoms with Gasteiger partial charge in [-0.25, -0.2) is 9.97 Å². The lowest BCUT2D eigenvalue weighted by Crippen LogP contribution is -2.37. The minimum absolute atomic E-state index is 0.383. The molecule has 1 aliphatic heterocycles. The van der Waals surface area contributed by atoms with E-state index in [0.717, 1.165) is 30.4 Å². The van der Waals surface area contributed by atoms with Crippen LogP contribution in [0.1, 0.15) is 44.1 Å². The van der Waals surface area contributed by atoms with Crippen molar-refractivity contribution in [1.82, 2.24) is 15.3 Å². The molecule has 2 rings (SSSR count). The smallest absolute Gasteiger partial charge is 0.133 e. The summed E-state index contributed by atoms with van der Waals surface area (Å²) in [5.74, 6) is 2.44. The van der Waals surface area contributed by atoms with Crippen LogP contribution in [0.2, 0.25) is 0 Å². The fourth-order valence-electron chi connectivity index (χ4n) is 2.56. The first-order chi connectivity index (χ1) is 8.61. The summed E-state index contributed by atoms with van der Waals surface area (Å²) in [4.78, 5) is 11.7. The summed E-state index contributed by atoms with van der Waals surface area (Å²) in [6, 6.07) is 2.68. The van der Waals surface area contributed by atoms with Crippen LogP contribution < -0.4 is 10.2 Å². The third-order valence-electron chi connectivity index (χ3n) is 3.49. The van der Waals surface area contributed by atoms with Gasteiger partial charge >= 0.3 is 0 Å². The average molecular weight is 248 g/mol. The van der Waals surface area contributed by atoms with E-state index in [0.29, 0.717) is 12.0 Å². The predicted octanol–water partition coefficient (Wildman–Crippen LogP) is 2.10. The van der Waals surface area contributed by atoms with Crippen molar-refractivity contribution in [3.8, 4) is 0 Å². The summed E-state index contributed by atoms with van der Waals surface area (Å²) >= 11 is 0. The Morgan fingerprint density at radius 2 is 2.22 bits per heavy atom. The first-order valence-corrected chi connectivity index (χ1v) is 6.88. The number of nitrogens with one attached hydrogen (secondary N) is 1. The minimum atomic E-state index is 0.383. The number of anilines is 1. The molecule has 0 bridgehead atoms. The monoisotopic (exact) mass is 248 g/mol. The second-order valence-corrected chi connectivity index (χ2v) is 5.43. The van der Waals surface area contributed by atoms with Crippen LogP contribution in [0.5, 0.6) is 0 Å². The van der Waals surface area contributed by atoms with E-state index in [1.807, 2.05) is 7.05 Å². The topological polar surface area (TPSA) is 41.0 Å². The normalized spacial score (nSPS) is 19.8. The Bertz CT molecular complexity index is 403.